The van der Waals surface area contributed by atoms with E-state index in [4.69, 9.17) is 10.5 Å². The van der Waals surface area contributed by atoms with Crippen molar-refractivity contribution in [2.75, 3.05) is 20.3 Å². The van der Waals surface area contributed by atoms with Crippen molar-refractivity contribution in [3.63, 3.8) is 0 Å². The Bertz CT molecular complexity index is 141. The lowest BCUT2D eigenvalue weighted by atomic mass is 10.2. The standard InChI is InChI=1S/C10H22N2O/c1-3-8-6-10(8)12-7-9(11)4-5-13-2/h8-10,12H,3-7,11H2,1-2H3. The Morgan fingerprint density at radius 1 is 1.62 bits per heavy atom. The van der Waals surface area contributed by atoms with Crippen LogP contribution in [0.25, 0.3) is 0 Å². The molecular weight excluding hydrogens is 164 g/mol. The van der Waals surface area contributed by atoms with Crippen LogP contribution in [0.1, 0.15) is 26.2 Å². The van der Waals surface area contributed by atoms with Gasteiger partial charge in [-0.1, -0.05) is 13.3 Å². The molecule has 0 aliphatic heterocycles. The van der Waals surface area contributed by atoms with Gasteiger partial charge >= 0.3 is 0 Å². The fourth-order valence-corrected chi connectivity index (χ4v) is 1.62. The lowest BCUT2D eigenvalue weighted by molar-refractivity contribution is 0.187. The number of rotatable bonds is 7. The van der Waals surface area contributed by atoms with Crippen LogP contribution in [0.15, 0.2) is 0 Å². The second-order valence-electron chi connectivity index (χ2n) is 3.96. The molecule has 78 valence electrons. The number of hydrogen-bond acceptors (Lipinski definition) is 3. The van der Waals surface area contributed by atoms with Crippen LogP contribution in [-0.2, 0) is 4.74 Å². The molecule has 3 unspecified atom stereocenters. The predicted octanol–water partition coefficient (Wildman–Crippen LogP) is 0.738. The molecule has 1 aliphatic rings. The quantitative estimate of drug-likeness (QED) is 0.616. The van der Waals surface area contributed by atoms with Crippen molar-refractivity contribution in [3.05, 3.63) is 0 Å². The first-order valence-corrected chi connectivity index (χ1v) is 5.25. The van der Waals surface area contributed by atoms with Crippen LogP contribution in [0, 0.1) is 5.92 Å². The molecule has 1 saturated carbocycles. The van der Waals surface area contributed by atoms with Crippen LogP contribution in [0.3, 0.4) is 0 Å². The maximum absolute atomic E-state index is 5.88. The summed E-state index contributed by atoms with van der Waals surface area (Å²) >= 11 is 0. The molecule has 1 rings (SSSR count). The zero-order valence-corrected chi connectivity index (χ0v) is 8.75. The van der Waals surface area contributed by atoms with Crippen molar-refractivity contribution < 1.29 is 4.74 Å². The third-order valence-electron chi connectivity index (χ3n) is 2.78. The van der Waals surface area contributed by atoms with E-state index < -0.39 is 0 Å². The summed E-state index contributed by atoms with van der Waals surface area (Å²) in [5, 5.41) is 3.49. The number of methoxy groups -OCH3 is 1. The molecule has 0 amide bonds. The second kappa shape index (κ2) is 5.58. The van der Waals surface area contributed by atoms with Gasteiger partial charge in [-0.05, 0) is 18.8 Å². The molecule has 0 radical (unpaired) electrons. The van der Waals surface area contributed by atoms with Crippen LogP contribution in [0.5, 0.6) is 0 Å². The molecular formula is C10H22N2O. The van der Waals surface area contributed by atoms with Gasteiger partial charge in [0.25, 0.3) is 0 Å². The zero-order chi connectivity index (χ0) is 9.68. The normalized spacial score (nSPS) is 28.8. The van der Waals surface area contributed by atoms with Gasteiger partial charge in [-0.25, -0.2) is 0 Å². The van der Waals surface area contributed by atoms with Gasteiger partial charge < -0.3 is 15.8 Å². The van der Waals surface area contributed by atoms with Gasteiger partial charge in [0.2, 0.25) is 0 Å². The van der Waals surface area contributed by atoms with Crippen molar-refractivity contribution in [3.8, 4) is 0 Å². The van der Waals surface area contributed by atoms with Gasteiger partial charge in [-0.2, -0.15) is 0 Å². The summed E-state index contributed by atoms with van der Waals surface area (Å²) in [7, 11) is 1.72. The molecule has 0 aromatic carbocycles. The summed E-state index contributed by atoms with van der Waals surface area (Å²) in [6.07, 6.45) is 3.59. The minimum absolute atomic E-state index is 0.248. The summed E-state index contributed by atoms with van der Waals surface area (Å²) < 4.78 is 4.97. The van der Waals surface area contributed by atoms with Gasteiger partial charge in [-0.3, -0.25) is 0 Å². The highest BCUT2D eigenvalue weighted by Gasteiger charge is 2.34. The summed E-state index contributed by atoms with van der Waals surface area (Å²) in [5.41, 5.74) is 5.88. The molecule has 3 heteroatoms. The Balaban J connectivity index is 1.93. The van der Waals surface area contributed by atoms with Crippen LogP contribution < -0.4 is 11.1 Å². The average molecular weight is 186 g/mol. The van der Waals surface area contributed by atoms with Crippen LogP contribution in [0.4, 0.5) is 0 Å². The Morgan fingerprint density at radius 3 is 2.92 bits per heavy atom. The van der Waals surface area contributed by atoms with Crippen molar-refractivity contribution in [2.45, 2.75) is 38.3 Å². The first-order chi connectivity index (χ1) is 6.27. The summed E-state index contributed by atoms with van der Waals surface area (Å²) in [5.74, 6) is 0.912. The monoisotopic (exact) mass is 186 g/mol. The molecule has 0 saturated heterocycles. The molecule has 3 atom stereocenters. The maximum atomic E-state index is 5.88. The smallest absolute Gasteiger partial charge is 0.0477 e. The molecule has 1 fully saturated rings. The fourth-order valence-electron chi connectivity index (χ4n) is 1.62. The molecule has 0 aromatic heterocycles. The fraction of sp³-hybridized carbons (Fsp3) is 1.00. The van der Waals surface area contributed by atoms with E-state index in [2.05, 4.69) is 12.2 Å². The molecule has 3 N–H and O–H groups in total. The van der Waals surface area contributed by atoms with Gasteiger partial charge in [-0.15, -0.1) is 0 Å². The largest absolute Gasteiger partial charge is 0.385 e. The topological polar surface area (TPSA) is 47.3 Å². The number of nitrogens with two attached hydrogens (primary N) is 1. The molecule has 0 heterocycles. The lowest BCUT2D eigenvalue weighted by Crippen LogP contribution is -2.36. The highest BCUT2D eigenvalue weighted by atomic mass is 16.5. The molecule has 0 aromatic rings. The highest BCUT2D eigenvalue weighted by molar-refractivity contribution is 4.92. The minimum atomic E-state index is 0.248. The molecule has 0 spiro atoms. The van der Waals surface area contributed by atoms with Crippen LogP contribution in [0.2, 0.25) is 0 Å². The van der Waals surface area contributed by atoms with Crippen molar-refractivity contribution in [1.82, 2.24) is 5.32 Å². The van der Waals surface area contributed by atoms with Crippen molar-refractivity contribution in [2.24, 2.45) is 11.7 Å². The molecule has 13 heavy (non-hydrogen) atoms. The van der Waals surface area contributed by atoms with Gasteiger partial charge in [0.15, 0.2) is 0 Å². The van der Waals surface area contributed by atoms with Gasteiger partial charge in [0.1, 0.15) is 0 Å². The number of hydrogen-bond donors (Lipinski definition) is 2. The van der Waals surface area contributed by atoms with Crippen molar-refractivity contribution in [1.29, 1.82) is 0 Å². The summed E-state index contributed by atoms with van der Waals surface area (Å²) in [6, 6.07) is 0.997. The predicted molar refractivity (Wildman–Crippen MR) is 54.7 cm³/mol. The third kappa shape index (κ3) is 4.07. The molecule has 1 aliphatic carbocycles. The Labute approximate surface area is 81.0 Å². The molecule has 3 nitrogen and oxygen atoms in total. The van der Waals surface area contributed by atoms with E-state index in [1.807, 2.05) is 0 Å². The second-order valence-corrected chi connectivity index (χ2v) is 3.96. The van der Waals surface area contributed by atoms with Crippen LogP contribution >= 0.6 is 0 Å². The first-order valence-electron chi connectivity index (χ1n) is 5.25. The van der Waals surface area contributed by atoms with Crippen LogP contribution in [-0.4, -0.2) is 32.3 Å². The highest BCUT2D eigenvalue weighted by Crippen LogP contribution is 2.32. The first kappa shape index (κ1) is 11.0. The minimum Gasteiger partial charge on any atom is -0.385 e. The number of ether oxygens (including phenoxy) is 1. The third-order valence-corrected chi connectivity index (χ3v) is 2.78. The SMILES string of the molecule is CCC1CC1NCC(N)CCOC. The van der Waals surface area contributed by atoms with E-state index in [-0.39, 0.29) is 6.04 Å². The number of nitrogens with one attached hydrogen (secondary N) is 1. The average Bonchev–Trinajstić information content (AvgIpc) is 2.90. The maximum Gasteiger partial charge on any atom is 0.0477 e. The van der Waals surface area contributed by atoms with E-state index in [0.29, 0.717) is 0 Å². The van der Waals surface area contributed by atoms with E-state index in [9.17, 15) is 0 Å². The Kier molecular flexibility index (Phi) is 4.70. The Hall–Kier alpha value is -0.120. The van der Waals surface area contributed by atoms with Crippen molar-refractivity contribution >= 4 is 0 Å². The van der Waals surface area contributed by atoms with E-state index in [1.54, 1.807) is 7.11 Å². The lowest BCUT2D eigenvalue weighted by Gasteiger charge is -2.11. The van der Waals surface area contributed by atoms with E-state index >= 15 is 0 Å². The van der Waals surface area contributed by atoms with E-state index in [1.165, 1.54) is 12.8 Å². The summed E-state index contributed by atoms with van der Waals surface area (Å²) in [6.45, 7) is 3.95. The van der Waals surface area contributed by atoms with Gasteiger partial charge in [0.05, 0.1) is 0 Å². The van der Waals surface area contributed by atoms with Gasteiger partial charge in [0, 0.05) is 32.3 Å². The Morgan fingerprint density at radius 2 is 2.38 bits per heavy atom. The zero-order valence-electron chi connectivity index (χ0n) is 8.75. The van der Waals surface area contributed by atoms with E-state index in [0.717, 1.165) is 31.5 Å². The summed E-state index contributed by atoms with van der Waals surface area (Å²) in [4.78, 5) is 0. The molecule has 0 bridgehead atoms.